The zero-order valence-corrected chi connectivity index (χ0v) is 12.3. The Balaban J connectivity index is 1.85. The summed E-state index contributed by atoms with van der Waals surface area (Å²) in [6.07, 6.45) is -0.197. The monoisotopic (exact) mass is 362 g/mol. The van der Waals surface area contributed by atoms with Gasteiger partial charge in [0, 0.05) is 17.1 Å². The Labute approximate surface area is 120 Å². The van der Waals surface area contributed by atoms with Crippen LogP contribution in [0.2, 0.25) is 0 Å². The van der Waals surface area contributed by atoms with Crippen LogP contribution in [0.4, 0.5) is 0 Å². The van der Waals surface area contributed by atoms with Gasteiger partial charge >= 0.3 is 0 Å². The lowest BCUT2D eigenvalue weighted by Gasteiger charge is -2.34. The lowest BCUT2D eigenvalue weighted by atomic mass is 9.90. The van der Waals surface area contributed by atoms with E-state index < -0.39 is 6.10 Å². The lowest BCUT2D eigenvalue weighted by Crippen LogP contribution is -2.52. The molecule has 0 saturated heterocycles. The van der Waals surface area contributed by atoms with E-state index in [-0.39, 0.29) is 11.9 Å². The smallest absolute Gasteiger partial charge is 0.169 e. The Hall–Kier alpha value is -0.660. The minimum absolute atomic E-state index is 0.0987. The molecule has 18 heavy (non-hydrogen) atoms. The Kier molecular flexibility index (Phi) is 4.96. The summed E-state index contributed by atoms with van der Waals surface area (Å²) in [4.78, 5) is 11.4. The number of rotatable bonds is 6. The summed E-state index contributed by atoms with van der Waals surface area (Å²) in [6, 6.07) is 7.74. The Bertz CT molecular complexity index is 404. The van der Waals surface area contributed by atoms with Crippen molar-refractivity contribution in [3.63, 3.8) is 0 Å². The van der Waals surface area contributed by atoms with Gasteiger partial charge < -0.3 is 14.2 Å². The van der Waals surface area contributed by atoms with Crippen LogP contribution in [0.25, 0.3) is 0 Å². The Morgan fingerprint density at radius 3 is 2.61 bits per heavy atom. The molecule has 0 aliphatic heterocycles. The molecule has 2 unspecified atom stereocenters. The summed E-state index contributed by atoms with van der Waals surface area (Å²) in [7, 11) is 1.60. The lowest BCUT2D eigenvalue weighted by molar-refractivity contribution is -0.156. The molecule has 0 N–H and O–H groups in total. The molecule has 0 aromatic heterocycles. The third-order valence-corrected chi connectivity index (χ3v) is 3.46. The number of benzene rings is 1. The van der Waals surface area contributed by atoms with Gasteiger partial charge in [-0.3, -0.25) is 4.79 Å². The average molecular weight is 362 g/mol. The van der Waals surface area contributed by atoms with Crippen molar-refractivity contribution in [2.45, 2.75) is 18.6 Å². The second-order valence-corrected chi connectivity index (χ2v) is 5.31. The quantitative estimate of drug-likeness (QED) is 0.574. The van der Waals surface area contributed by atoms with Crippen LogP contribution in [0.15, 0.2) is 24.3 Å². The first kappa shape index (κ1) is 13.8. The van der Waals surface area contributed by atoms with Crippen LogP contribution < -0.4 is 4.74 Å². The summed E-state index contributed by atoms with van der Waals surface area (Å²) < 4.78 is 17.2. The molecule has 1 aromatic rings. The van der Waals surface area contributed by atoms with E-state index in [4.69, 9.17) is 14.2 Å². The van der Waals surface area contributed by atoms with E-state index in [1.807, 2.05) is 24.3 Å². The standard InChI is InChI=1S/C13H15IO4/c1-16-6-7-17-13-11(15)8-12(13)18-10-4-2-9(14)3-5-10/h2-5,12-13H,6-8H2,1H3. The van der Waals surface area contributed by atoms with Crippen molar-refractivity contribution in [2.75, 3.05) is 20.3 Å². The van der Waals surface area contributed by atoms with Gasteiger partial charge in [-0.25, -0.2) is 0 Å². The molecule has 1 aromatic carbocycles. The fraction of sp³-hybridized carbons (Fsp3) is 0.462. The minimum Gasteiger partial charge on any atom is -0.487 e. The van der Waals surface area contributed by atoms with Gasteiger partial charge in [0.05, 0.1) is 13.2 Å². The number of hydrogen-bond acceptors (Lipinski definition) is 4. The first-order valence-corrected chi connectivity index (χ1v) is 6.84. The van der Waals surface area contributed by atoms with Crippen LogP contribution in [0.1, 0.15) is 6.42 Å². The molecular formula is C13H15IO4. The van der Waals surface area contributed by atoms with Crippen LogP contribution in [0, 0.1) is 3.57 Å². The van der Waals surface area contributed by atoms with Gasteiger partial charge in [-0.15, -0.1) is 0 Å². The molecule has 0 radical (unpaired) electrons. The van der Waals surface area contributed by atoms with Gasteiger partial charge in [0.2, 0.25) is 0 Å². The molecule has 98 valence electrons. The van der Waals surface area contributed by atoms with Crippen LogP contribution in [0.3, 0.4) is 0 Å². The summed E-state index contributed by atoms with van der Waals surface area (Å²) in [5.74, 6) is 0.870. The predicted octanol–water partition coefficient (Wildman–Crippen LogP) is 2.04. The molecule has 1 aliphatic rings. The van der Waals surface area contributed by atoms with E-state index >= 15 is 0 Å². The molecule has 1 fully saturated rings. The molecule has 4 nitrogen and oxygen atoms in total. The molecule has 1 saturated carbocycles. The minimum atomic E-state index is -0.445. The molecule has 1 aliphatic carbocycles. The second-order valence-electron chi connectivity index (χ2n) is 4.06. The van der Waals surface area contributed by atoms with Crippen molar-refractivity contribution in [3.05, 3.63) is 27.8 Å². The number of ether oxygens (including phenoxy) is 3. The zero-order chi connectivity index (χ0) is 13.0. The van der Waals surface area contributed by atoms with Gasteiger partial charge in [0.15, 0.2) is 11.9 Å². The second kappa shape index (κ2) is 6.49. The molecule has 0 amide bonds. The summed E-state index contributed by atoms with van der Waals surface area (Å²) in [5, 5.41) is 0. The number of ketones is 1. The van der Waals surface area contributed by atoms with Crippen molar-refractivity contribution < 1.29 is 19.0 Å². The summed E-state index contributed by atoms with van der Waals surface area (Å²) in [6.45, 7) is 0.902. The zero-order valence-electron chi connectivity index (χ0n) is 10.1. The highest BCUT2D eigenvalue weighted by atomic mass is 127. The van der Waals surface area contributed by atoms with E-state index in [0.717, 1.165) is 9.32 Å². The molecule has 0 heterocycles. The highest BCUT2D eigenvalue weighted by molar-refractivity contribution is 14.1. The number of carbonyl (C=O) groups excluding carboxylic acids is 1. The molecule has 2 rings (SSSR count). The van der Waals surface area contributed by atoms with E-state index in [0.29, 0.717) is 19.6 Å². The fourth-order valence-corrected chi connectivity index (χ4v) is 2.08. The number of hydrogen-bond donors (Lipinski definition) is 0. The molecule has 5 heteroatoms. The van der Waals surface area contributed by atoms with E-state index in [9.17, 15) is 4.79 Å². The summed E-state index contributed by atoms with van der Waals surface area (Å²) in [5.41, 5.74) is 0. The molecule has 0 bridgehead atoms. The highest BCUT2D eigenvalue weighted by Crippen LogP contribution is 2.26. The highest BCUT2D eigenvalue weighted by Gasteiger charge is 2.42. The van der Waals surface area contributed by atoms with E-state index in [1.54, 1.807) is 7.11 Å². The molecular weight excluding hydrogens is 347 g/mol. The van der Waals surface area contributed by atoms with Crippen molar-refractivity contribution in [3.8, 4) is 5.75 Å². The normalized spacial score (nSPS) is 22.7. The largest absolute Gasteiger partial charge is 0.487 e. The third-order valence-electron chi connectivity index (χ3n) is 2.74. The van der Waals surface area contributed by atoms with Crippen molar-refractivity contribution in [1.82, 2.24) is 0 Å². The first-order chi connectivity index (χ1) is 8.70. The van der Waals surface area contributed by atoms with E-state index in [2.05, 4.69) is 22.6 Å². The van der Waals surface area contributed by atoms with Crippen LogP contribution >= 0.6 is 22.6 Å². The fourth-order valence-electron chi connectivity index (χ4n) is 1.72. The van der Waals surface area contributed by atoms with Crippen molar-refractivity contribution >= 4 is 28.4 Å². The topological polar surface area (TPSA) is 44.8 Å². The van der Waals surface area contributed by atoms with Crippen molar-refractivity contribution in [1.29, 1.82) is 0 Å². The van der Waals surface area contributed by atoms with Gasteiger partial charge in [-0.05, 0) is 46.9 Å². The third kappa shape index (κ3) is 3.43. The number of carbonyl (C=O) groups is 1. The maximum absolute atomic E-state index is 11.4. The van der Waals surface area contributed by atoms with Gasteiger partial charge in [0.1, 0.15) is 11.9 Å². The van der Waals surface area contributed by atoms with Gasteiger partial charge in [-0.1, -0.05) is 0 Å². The SMILES string of the molecule is COCCOC1C(=O)CC1Oc1ccc(I)cc1. The first-order valence-electron chi connectivity index (χ1n) is 5.76. The molecule has 2 atom stereocenters. The maximum Gasteiger partial charge on any atom is 0.169 e. The summed E-state index contributed by atoms with van der Waals surface area (Å²) >= 11 is 2.24. The number of methoxy groups -OCH3 is 1. The van der Waals surface area contributed by atoms with Gasteiger partial charge in [-0.2, -0.15) is 0 Å². The predicted molar refractivity (Wildman–Crippen MR) is 74.8 cm³/mol. The van der Waals surface area contributed by atoms with Crippen molar-refractivity contribution in [2.24, 2.45) is 0 Å². The molecule has 0 spiro atoms. The van der Waals surface area contributed by atoms with Crippen LogP contribution in [0.5, 0.6) is 5.75 Å². The maximum atomic E-state index is 11.4. The Morgan fingerprint density at radius 1 is 1.28 bits per heavy atom. The number of Topliss-reactive ketones (excluding diaryl/α,β-unsaturated/α-hetero) is 1. The van der Waals surface area contributed by atoms with Gasteiger partial charge in [0.25, 0.3) is 0 Å². The average Bonchev–Trinajstić information content (AvgIpc) is 2.36. The Morgan fingerprint density at radius 2 is 2.00 bits per heavy atom. The van der Waals surface area contributed by atoms with Crippen LogP contribution in [-0.2, 0) is 14.3 Å². The van der Waals surface area contributed by atoms with Crippen LogP contribution in [-0.4, -0.2) is 38.3 Å². The number of halogens is 1. The van der Waals surface area contributed by atoms with E-state index in [1.165, 1.54) is 0 Å².